The first kappa shape index (κ1) is 23.6. The molecule has 146 valence electrons. The Morgan fingerprint density at radius 3 is 2.21 bits per heavy atom. The topological polar surface area (TPSA) is 73.9 Å². The van der Waals surface area contributed by atoms with Crippen molar-refractivity contribution >= 4 is 0 Å². The second-order valence-electron chi connectivity index (χ2n) is 6.43. The van der Waals surface area contributed by atoms with Crippen molar-refractivity contribution in [1.29, 1.82) is 0 Å². The second-order valence-corrected chi connectivity index (χ2v) is 6.43. The Kier molecular flexibility index (Phi) is 12.7. The van der Waals surface area contributed by atoms with Gasteiger partial charge in [0.2, 0.25) is 0 Å². The molecule has 0 amide bonds. The number of hydrogen-bond donors (Lipinski definition) is 2. The van der Waals surface area contributed by atoms with Crippen LogP contribution in [0.3, 0.4) is 0 Å². The number of halogens is 3. The fourth-order valence-corrected chi connectivity index (χ4v) is 1.99. The number of aliphatic hydroxyl groups excluding tert-OH is 1. The third-order valence-corrected chi connectivity index (χ3v) is 3.23. The minimum Gasteiger partial charge on any atom is -0.393 e. The van der Waals surface area contributed by atoms with Crippen molar-refractivity contribution in [3.8, 4) is 0 Å². The van der Waals surface area contributed by atoms with Gasteiger partial charge in [0.1, 0.15) is 0 Å². The van der Waals surface area contributed by atoms with Crippen molar-refractivity contribution < 1.29 is 32.5 Å². The maximum Gasteiger partial charge on any atom is 0.391 e. The van der Waals surface area contributed by atoms with Gasteiger partial charge in [-0.2, -0.15) is 13.2 Å². The Bertz CT molecular complexity index is 304. The van der Waals surface area contributed by atoms with Crippen LogP contribution in [0, 0.1) is 5.92 Å². The first-order chi connectivity index (χ1) is 11.1. The van der Waals surface area contributed by atoms with Crippen LogP contribution in [-0.4, -0.2) is 62.6 Å². The van der Waals surface area contributed by atoms with Crippen LogP contribution in [0.4, 0.5) is 13.2 Å². The quantitative estimate of drug-likeness (QED) is 0.466. The predicted molar refractivity (Wildman–Crippen MR) is 85.8 cm³/mol. The van der Waals surface area contributed by atoms with Gasteiger partial charge in [0.05, 0.1) is 45.1 Å². The summed E-state index contributed by atoms with van der Waals surface area (Å²) >= 11 is 0. The number of ether oxygens (including phenoxy) is 3. The molecule has 0 fully saturated rings. The first-order valence-electron chi connectivity index (χ1n) is 8.37. The van der Waals surface area contributed by atoms with Crippen molar-refractivity contribution in [2.24, 2.45) is 11.7 Å². The van der Waals surface area contributed by atoms with E-state index in [4.69, 9.17) is 19.9 Å². The summed E-state index contributed by atoms with van der Waals surface area (Å²) in [5, 5.41) is 9.32. The number of aliphatic hydroxyl groups is 1. The molecule has 0 aliphatic heterocycles. The van der Waals surface area contributed by atoms with Gasteiger partial charge in [0, 0.05) is 12.6 Å². The lowest BCUT2D eigenvalue weighted by Crippen LogP contribution is -2.24. The molecule has 0 saturated heterocycles. The highest BCUT2D eigenvalue weighted by Crippen LogP contribution is 2.24. The minimum atomic E-state index is -4.32. The average Bonchev–Trinajstić information content (AvgIpc) is 2.42. The van der Waals surface area contributed by atoms with Gasteiger partial charge in [-0.1, -0.05) is 6.92 Å². The summed E-state index contributed by atoms with van der Waals surface area (Å²) in [5.41, 5.74) is 5.54. The van der Waals surface area contributed by atoms with Gasteiger partial charge in [0.25, 0.3) is 0 Å². The third-order valence-electron chi connectivity index (χ3n) is 3.23. The molecule has 0 saturated carbocycles. The number of rotatable bonds is 14. The molecule has 0 radical (unpaired) electrons. The van der Waals surface area contributed by atoms with Gasteiger partial charge in [-0.3, -0.25) is 0 Å². The van der Waals surface area contributed by atoms with E-state index in [2.05, 4.69) is 0 Å². The van der Waals surface area contributed by atoms with E-state index >= 15 is 0 Å². The molecule has 0 bridgehead atoms. The molecule has 8 heteroatoms. The highest BCUT2D eigenvalue weighted by atomic mass is 19.4. The van der Waals surface area contributed by atoms with Gasteiger partial charge in [-0.05, 0) is 32.6 Å². The van der Waals surface area contributed by atoms with Crippen LogP contribution in [0.25, 0.3) is 0 Å². The summed E-state index contributed by atoms with van der Waals surface area (Å²) in [6.07, 6.45) is -6.31. The standard InChI is InChI=1S/C16H32F3NO4/c1-12(4-5-15(21)8-16(17,18)19)9-23-11-14(3)24-7-6-22-10-13(2)20/h12-15,21H,4-11,20H2,1-3H3. The average molecular weight is 359 g/mol. The molecule has 3 N–H and O–H groups in total. The zero-order valence-corrected chi connectivity index (χ0v) is 14.8. The Morgan fingerprint density at radius 2 is 1.62 bits per heavy atom. The predicted octanol–water partition coefficient (Wildman–Crippen LogP) is 2.50. The van der Waals surface area contributed by atoms with E-state index in [-0.39, 0.29) is 24.5 Å². The summed E-state index contributed by atoms with van der Waals surface area (Å²) in [6, 6.07) is 0.00175. The molecule has 0 aromatic carbocycles. The molecule has 0 aromatic heterocycles. The van der Waals surface area contributed by atoms with Gasteiger partial charge in [0.15, 0.2) is 0 Å². The molecule has 0 spiro atoms. The zero-order chi connectivity index (χ0) is 18.6. The molecule has 4 unspecified atom stereocenters. The van der Waals surface area contributed by atoms with Crippen molar-refractivity contribution in [2.45, 2.75) is 64.5 Å². The molecule has 0 aliphatic rings. The van der Waals surface area contributed by atoms with Crippen molar-refractivity contribution in [3.05, 3.63) is 0 Å². The normalized spacial score (nSPS) is 17.5. The highest BCUT2D eigenvalue weighted by molar-refractivity contribution is 4.64. The van der Waals surface area contributed by atoms with Crippen LogP contribution in [-0.2, 0) is 14.2 Å². The van der Waals surface area contributed by atoms with E-state index in [0.717, 1.165) is 0 Å². The fraction of sp³-hybridized carbons (Fsp3) is 1.00. The van der Waals surface area contributed by atoms with Crippen LogP contribution >= 0.6 is 0 Å². The van der Waals surface area contributed by atoms with Crippen molar-refractivity contribution in [3.63, 3.8) is 0 Å². The maximum absolute atomic E-state index is 12.1. The largest absolute Gasteiger partial charge is 0.393 e. The number of hydrogen-bond acceptors (Lipinski definition) is 5. The molecule has 4 atom stereocenters. The molecule has 5 nitrogen and oxygen atoms in total. The van der Waals surface area contributed by atoms with Crippen LogP contribution in [0.2, 0.25) is 0 Å². The summed E-state index contributed by atoms with van der Waals surface area (Å²) < 4.78 is 52.6. The summed E-state index contributed by atoms with van der Waals surface area (Å²) in [6.45, 7) is 7.87. The SMILES string of the molecule is CC(N)COCCOC(C)COCC(C)CCC(O)CC(F)(F)F. The molecule has 0 rings (SSSR count). The Balaban J connectivity index is 3.57. The number of alkyl halides is 3. The van der Waals surface area contributed by atoms with Crippen LogP contribution < -0.4 is 5.73 Å². The highest BCUT2D eigenvalue weighted by Gasteiger charge is 2.30. The van der Waals surface area contributed by atoms with Crippen molar-refractivity contribution in [1.82, 2.24) is 0 Å². The molecule has 24 heavy (non-hydrogen) atoms. The second kappa shape index (κ2) is 12.9. The van der Waals surface area contributed by atoms with Crippen LogP contribution in [0.15, 0.2) is 0 Å². The Hall–Kier alpha value is -0.410. The van der Waals surface area contributed by atoms with Crippen LogP contribution in [0.5, 0.6) is 0 Å². The number of nitrogens with two attached hydrogens (primary N) is 1. The molecule has 0 heterocycles. The van der Waals surface area contributed by atoms with E-state index < -0.39 is 18.7 Å². The molecular weight excluding hydrogens is 327 g/mol. The summed E-state index contributed by atoms with van der Waals surface area (Å²) in [4.78, 5) is 0. The fourth-order valence-electron chi connectivity index (χ4n) is 1.99. The monoisotopic (exact) mass is 359 g/mol. The lowest BCUT2D eigenvalue weighted by atomic mass is 10.0. The first-order valence-corrected chi connectivity index (χ1v) is 8.37. The molecular formula is C16H32F3NO4. The lowest BCUT2D eigenvalue weighted by molar-refractivity contribution is -0.154. The lowest BCUT2D eigenvalue weighted by Gasteiger charge is -2.18. The Labute approximate surface area is 142 Å². The van der Waals surface area contributed by atoms with Crippen LogP contribution in [0.1, 0.15) is 40.0 Å². The van der Waals surface area contributed by atoms with Crippen molar-refractivity contribution in [2.75, 3.05) is 33.0 Å². The van der Waals surface area contributed by atoms with E-state index in [1.165, 1.54) is 0 Å². The van der Waals surface area contributed by atoms with E-state index in [0.29, 0.717) is 39.5 Å². The third kappa shape index (κ3) is 16.4. The van der Waals surface area contributed by atoms with Gasteiger partial charge in [-0.15, -0.1) is 0 Å². The molecule has 0 aliphatic carbocycles. The minimum absolute atomic E-state index is 0.00175. The summed E-state index contributed by atoms with van der Waals surface area (Å²) in [7, 11) is 0. The van der Waals surface area contributed by atoms with Gasteiger partial charge >= 0.3 is 6.18 Å². The van der Waals surface area contributed by atoms with Gasteiger partial charge < -0.3 is 25.1 Å². The summed E-state index contributed by atoms with van der Waals surface area (Å²) in [5.74, 6) is 0.0782. The zero-order valence-electron chi connectivity index (χ0n) is 14.8. The Morgan fingerprint density at radius 1 is 0.958 bits per heavy atom. The maximum atomic E-state index is 12.1. The van der Waals surface area contributed by atoms with E-state index in [1.54, 1.807) is 0 Å². The van der Waals surface area contributed by atoms with E-state index in [9.17, 15) is 18.3 Å². The van der Waals surface area contributed by atoms with E-state index in [1.807, 2.05) is 20.8 Å². The smallest absolute Gasteiger partial charge is 0.391 e. The molecule has 0 aromatic rings. The van der Waals surface area contributed by atoms with Gasteiger partial charge in [-0.25, -0.2) is 0 Å².